The van der Waals surface area contributed by atoms with Crippen molar-refractivity contribution < 1.29 is 23.4 Å². The van der Waals surface area contributed by atoms with Crippen molar-refractivity contribution in [1.29, 1.82) is 0 Å². The molecule has 7 heteroatoms. The summed E-state index contributed by atoms with van der Waals surface area (Å²) in [5.74, 6) is -0.970. The van der Waals surface area contributed by atoms with Gasteiger partial charge in [-0.3, -0.25) is 14.5 Å². The Morgan fingerprint density at radius 1 is 1.06 bits per heavy atom. The highest BCUT2D eigenvalue weighted by Crippen LogP contribution is 2.43. The second-order valence-corrected chi connectivity index (χ2v) is 7.39. The van der Waals surface area contributed by atoms with Crippen LogP contribution in [0.5, 0.6) is 11.5 Å². The molecule has 1 aliphatic rings. The summed E-state index contributed by atoms with van der Waals surface area (Å²) in [6.45, 7) is 2.11. The van der Waals surface area contributed by atoms with Crippen molar-refractivity contribution in [2.45, 2.75) is 13.0 Å². The first-order valence-corrected chi connectivity index (χ1v) is 10.1. The van der Waals surface area contributed by atoms with Crippen LogP contribution in [0.1, 0.15) is 34.6 Å². The number of carbonyl (C=O) groups excluding carboxylic acids is 1. The molecule has 1 aliphatic heterocycles. The van der Waals surface area contributed by atoms with Gasteiger partial charge >= 0.3 is 0 Å². The van der Waals surface area contributed by atoms with Crippen LogP contribution in [0.3, 0.4) is 0 Å². The van der Waals surface area contributed by atoms with Gasteiger partial charge < -0.3 is 14.3 Å². The minimum Gasteiger partial charge on any atom is -0.504 e. The van der Waals surface area contributed by atoms with Gasteiger partial charge in [0.25, 0.3) is 5.91 Å². The lowest BCUT2D eigenvalue weighted by molar-refractivity contribution is 0.0971. The molecule has 5 rings (SSSR count). The number of carbonyl (C=O) groups is 1. The monoisotopic (exact) mass is 431 g/mol. The number of ether oxygens (including phenoxy) is 1. The van der Waals surface area contributed by atoms with E-state index in [1.54, 1.807) is 43.3 Å². The molecule has 0 spiro atoms. The summed E-state index contributed by atoms with van der Waals surface area (Å²) in [5, 5.41) is 10.2. The molecule has 3 aromatic carbocycles. The van der Waals surface area contributed by atoms with E-state index < -0.39 is 23.2 Å². The van der Waals surface area contributed by atoms with Gasteiger partial charge in [0, 0.05) is 5.69 Å². The van der Waals surface area contributed by atoms with Crippen molar-refractivity contribution in [2.75, 3.05) is 11.5 Å². The highest BCUT2D eigenvalue weighted by Gasteiger charge is 2.43. The Morgan fingerprint density at radius 2 is 1.84 bits per heavy atom. The van der Waals surface area contributed by atoms with Gasteiger partial charge in [0.1, 0.15) is 11.4 Å². The fraction of sp³-hybridized carbons (Fsp3) is 0.120. The molecule has 0 aliphatic carbocycles. The van der Waals surface area contributed by atoms with E-state index in [0.29, 0.717) is 17.9 Å². The zero-order chi connectivity index (χ0) is 22.4. The Labute approximate surface area is 182 Å². The molecule has 1 N–H and O–H groups in total. The van der Waals surface area contributed by atoms with Gasteiger partial charge in [-0.25, -0.2) is 4.39 Å². The largest absolute Gasteiger partial charge is 0.504 e. The molecule has 1 aromatic heterocycles. The van der Waals surface area contributed by atoms with E-state index in [9.17, 15) is 19.1 Å². The van der Waals surface area contributed by atoms with E-state index >= 15 is 0 Å². The van der Waals surface area contributed by atoms with Gasteiger partial charge in [-0.2, -0.15) is 0 Å². The summed E-state index contributed by atoms with van der Waals surface area (Å²) in [6.07, 6.45) is 0. The summed E-state index contributed by atoms with van der Waals surface area (Å²) in [5.41, 5.74) is 0.881. The average molecular weight is 431 g/mol. The number of fused-ring (bicyclic) bond motifs is 2. The molecule has 2 heterocycles. The molecule has 4 aromatic rings. The first kappa shape index (κ1) is 19.8. The number of hydrogen-bond acceptors (Lipinski definition) is 5. The van der Waals surface area contributed by atoms with E-state index in [0.717, 1.165) is 6.07 Å². The summed E-state index contributed by atoms with van der Waals surface area (Å²) in [4.78, 5) is 28.4. The molecule has 0 saturated heterocycles. The Bertz CT molecular complexity index is 1410. The van der Waals surface area contributed by atoms with Crippen molar-refractivity contribution >= 4 is 22.6 Å². The van der Waals surface area contributed by atoms with Crippen molar-refractivity contribution in [3.63, 3.8) is 0 Å². The SMILES string of the molecule is CCOc1cc(C2c3c(oc4ccc(F)cc4c3=O)C(=O)N2c2ccccc2)ccc1O. The lowest BCUT2D eigenvalue weighted by Crippen LogP contribution is -2.29. The fourth-order valence-electron chi connectivity index (χ4n) is 4.09. The highest BCUT2D eigenvalue weighted by molar-refractivity contribution is 6.10. The van der Waals surface area contributed by atoms with Crippen LogP contribution in [0.2, 0.25) is 0 Å². The smallest absolute Gasteiger partial charge is 0.295 e. The zero-order valence-electron chi connectivity index (χ0n) is 17.0. The van der Waals surface area contributed by atoms with Crippen LogP contribution < -0.4 is 15.1 Å². The van der Waals surface area contributed by atoms with Crippen LogP contribution in [0, 0.1) is 5.82 Å². The molecule has 160 valence electrons. The lowest BCUT2D eigenvalue weighted by Gasteiger charge is -2.25. The molecule has 0 saturated carbocycles. The number of hydrogen-bond donors (Lipinski definition) is 1. The van der Waals surface area contributed by atoms with Gasteiger partial charge in [-0.05, 0) is 55.0 Å². The molecule has 32 heavy (non-hydrogen) atoms. The van der Waals surface area contributed by atoms with E-state index in [4.69, 9.17) is 9.15 Å². The van der Waals surface area contributed by atoms with E-state index in [1.165, 1.54) is 23.1 Å². The minimum atomic E-state index is -0.844. The third kappa shape index (κ3) is 3.01. The number of nitrogens with zero attached hydrogens (tertiary/aromatic N) is 1. The second kappa shape index (κ2) is 7.53. The van der Waals surface area contributed by atoms with Crippen molar-refractivity contribution in [1.82, 2.24) is 0 Å². The Hall–Kier alpha value is -4.13. The van der Waals surface area contributed by atoms with Crippen molar-refractivity contribution in [3.05, 3.63) is 99.7 Å². The van der Waals surface area contributed by atoms with Gasteiger partial charge in [-0.1, -0.05) is 24.3 Å². The van der Waals surface area contributed by atoms with E-state index in [-0.39, 0.29) is 33.8 Å². The van der Waals surface area contributed by atoms with Gasteiger partial charge in [0.2, 0.25) is 5.76 Å². The molecular formula is C25H18FNO5. The molecule has 0 bridgehead atoms. The zero-order valence-corrected chi connectivity index (χ0v) is 17.0. The number of halogens is 1. The van der Waals surface area contributed by atoms with E-state index in [2.05, 4.69) is 0 Å². The molecular weight excluding hydrogens is 413 g/mol. The quantitative estimate of drug-likeness (QED) is 0.503. The number of anilines is 1. The molecule has 1 amide bonds. The van der Waals surface area contributed by atoms with Crippen molar-refractivity contribution in [2.24, 2.45) is 0 Å². The molecule has 1 atom stereocenters. The number of aromatic hydroxyl groups is 1. The molecule has 0 fully saturated rings. The molecule has 1 unspecified atom stereocenters. The summed E-state index contributed by atoms with van der Waals surface area (Å²) in [7, 11) is 0. The number of phenols is 1. The normalized spacial score (nSPS) is 15.2. The van der Waals surface area contributed by atoms with Crippen LogP contribution in [-0.2, 0) is 0 Å². The van der Waals surface area contributed by atoms with Crippen LogP contribution in [0.15, 0.2) is 75.9 Å². The van der Waals surface area contributed by atoms with Gasteiger partial charge in [0.15, 0.2) is 16.9 Å². The van der Waals surface area contributed by atoms with Gasteiger partial charge in [0.05, 0.1) is 23.6 Å². The maximum absolute atomic E-state index is 13.9. The maximum atomic E-state index is 13.9. The van der Waals surface area contributed by atoms with Crippen molar-refractivity contribution in [3.8, 4) is 11.5 Å². The van der Waals surface area contributed by atoms with Crippen LogP contribution in [0.25, 0.3) is 11.0 Å². The number of phenolic OH excluding ortho intramolecular Hbond substituents is 1. The third-order valence-corrected chi connectivity index (χ3v) is 5.47. The lowest BCUT2D eigenvalue weighted by atomic mass is 9.97. The predicted molar refractivity (Wildman–Crippen MR) is 117 cm³/mol. The molecule has 0 radical (unpaired) electrons. The summed E-state index contributed by atoms with van der Waals surface area (Å²) >= 11 is 0. The minimum absolute atomic E-state index is 0.0558. The number of benzene rings is 3. The second-order valence-electron chi connectivity index (χ2n) is 7.39. The highest BCUT2D eigenvalue weighted by atomic mass is 19.1. The van der Waals surface area contributed by atoms with Crippen LogP contribution in [0.4, 0.5) is 10.1 Å². The Kier molecular flexibility index (Phi) is 4.66. The summed E-state index contributed by atoms with van der Waals surface area (Å²) in [6, 6.07) is 16.3. The maximum Gasteiger partial charge on any atom is 0.295 e. The number of para-hydroxylation sites is 1. The Morgan fingerprint density at radius 3 is 2.59 bits per heavy atom. The topological polar surface area (TPSA) is 80.0 Å². The summed E-state index contributed by atoms with van der Waals surface area (Å²) < 4.78 is 25.2. The number of amides is 1. The number of rotatable bonds is 4. The first-order valence-electron chi connectivity index (χ1n) is 10.1. The first-order chi connectivity index (χ1) is 15.5. The van der Waals surface area contributed by atoms with E-state index in [1.807, 2.05) is 6.07 Å². The van der Waals surface area contributed by atoms with Gasteiger partial charge in [-0.15, -0.1) is 0 Å². The molecule has 6 nitrogen and oxygen atoms in total. The predicted octanol–water partition coefficient (Wildman–Crippen LogP) is 4.79. The third-order valence-electron chi connectivity index (χ3n) is 5.47. The average Bonchev–Trinajstić information content (AvgIpc) is 3.09. The fourth-order valence-corrected chi connectivity index (χ4v) is 4.09. The van der Waals surface area contributed by atoms with Crippen LogP contribution in [-0.4, -0.2) is 17.6 Å². The standard InChI is InChI=1S/C25H18FNO5/c1-2-31-20-12-14(8-10-18(20)28)22-21-23(29)17-13-15(26)9-11-19(17)32-24(21)25(30)27(22)16-6-4-3-5-7-16/h3-13,22,28H,2H2,1H3. The Balaban J connectivity index is 1.81. The van der Waals surface area contributed by atoms with Crippen LogP contribution >= 0.6 is 0 Å².